The second-order valence-electron chi connectivity index (χ2n) is 6.43. The minimum atomic E-state index is -0.553. The number of aromatic nitrogens is 2. The van der Waals surface area contributed by atoms with Gasteiger partial charge in [-0.25, -0.2) is 9.37 Å². The third-order valence-electron chi connectivity index (χ3n) is 4.67. The SMILES string of the molecule is O=c1[nH]c(CN2CCN(c3cccc(O)c3)CC2)nc2cccc(F)c12. The molecule has 2 N–H and O–H groups in total. The van der Waals surface area contributed by atoms with E-state index in [9.17, 15) is 14.3 Å². The second kappa shape index (κ2) is 6.76. The molecule has 1 fully saturated rings. The van der Waals surface area contributed by atoms with Gasteiger partial charge in [-0.3, -0.25) is 9.69 Å². The first-order valence-corrected chi connectivity index (χ1v) is 8.54. The third-order valence-corrected chi connectivity index (χ3v) is 4.67. The van der Waals surface area contributed by atoms with Crippen molar-refractivity contribution in [2.24, 2.45) is 0 Å². The average Bonchev–Trinajstić information content (AvgIpc) is 2.62. The predicted molar refractivity (Wildman–Crippen MR) is 97.9 cm³/mol. The van der Waals surface area contributed by atoms with Gasteiger partial charge in [0.25, 0.3) is 5.56 Å². The lowest BCUT2D eigenvalue weighted by molar-refractivity contribution is 0.244. The minimum Gasteiger partial charge on any atom is -0.508 e. The van der Waals surface area contributed by atoms with Crippen LogP contribution < -0.4 is 10.5 Å². The molecule has 7 heteroatoms. The minimum absolute atomic E-state index is 0.00459. The molecule has 2 heterocycles. The number of hydrogen-bond donors (Lipinski definition) is 2. The largest absolute Gasteiger partial charge is 0.508 e. The summed E-state index contributed by atoms with van der Waals surface area (Å²) in [6.07, 6.45) is 0. The summed E-state index contributed by atoms with van der Waals surface area (Å²) in [7, 11) is 0. The molecule has 0 radical (unpaired) electrons. The molecule has 0 saturated carbocycles. The highest BCUT2D eigenvalue weighted by Crippen LogP contribution is 2.21. The molecule has 1 aromatic heterocycles. The Morgan fingerprint density at radius 3 is 2.65 bits per heavy atom. The van der Waals surface area contributed by atoms with E-state index in [1.807, 2.05) is 12.1 Å². The smallest absolute Gasteiger partial charge is 0.261 e. The summed E-state index contributed by atoms with van der Waals surface area (Å²) in [5, 5.41) is 9.62. The molecule has 1 aliphatic rings. The monoisotopic (exact) mass is 354 g/mol. The molecule has 0 aliphatic carbocycles. The average molecular weight is 354 g/mol. The van der Waals surface area contributed by atoms with Gasteiger partial charge in [0, 0.05) is 37.9 Å². The molecule has 3 aromatic rings. The normalized spacial score (nSPS) is 15.5. The van der Waals surface area contributed by atoms with Gasteiger partial charge < -0.3 is 15.0 Å². The number of phenolic OH excluding ortho intramolecular Hbond substituents is 1. The number of benzene rings is 2. The molecule has 1 aliphatic heterocycles. The highest BCUT2D eigenvalue weighted by Gasteiger charge is 2.19. The molecular formula is C19H19FN4O2. The fraction of sp³-hybridized carbons (Fsp3) is 0.263. The summed E-state index contributed by atoms with van der Waals surface area (Å²) in [5.41, 5.74) is 0.931. The third kappa shape index (κ3) is 3.25. The van der Waals surface area contributed by atoms with Gasteiger partial charge in [0.15, 0.2) is 0 Å². The Kier molecular flexibility index (Phi) is 4.30. The summed E-state index contributed by atoms with van der Waals surface area (Å²) in [6, 6.07) is 11.7. The van der Waals surface area contributed by atoms with Gasteiger partial charge in [-0.2, -0.15) is 0 Å². The van der Waals surface area contributed by atoms with Crippen molar-refractivity contribution in [3.05, 3.63) is 64.5 Å². The van der Waals surface area contributed by atoms with Crippen molar-refractivity contribution < 1.29 is 9.50 Å². The Balaban J connectivity index is 1.46. The van der Waals surface area contributed by atoms with Gasteiger partial charge >= 0.3 is 0 Å². The number of phenols is 1. The molecular weight excluding hydrogens is 335 g/mol. The van der Waals surface area contributed by atoms with Crippen LogP contribution in [0.15, 0.2) is 47.3 Å². The number of nitrogens with zero attached hydrogens (tertiary/aromatic N) is 3. The van der Waals surface area contributed by atoms with Crippen LogP contribution in [0.3, 0.4) is 0 Å². The van der Waals surface area contributed by atoms with E-state index in [1.54, 1.807) is 24.3 Å². The standard InChI is InChI=1S/C19H19FN4O2/c20-15-5-2-6-16-18(15)19(26)22-17(21-16)12-23-7-9-24(10-8-23)13-3-1-4-14(25)11-13/h1-6,11,25H,7-10,12H2,(H,21,22,26). The number of anilines is 1. The van der Waals surface area contributed by atoms with Crippen molar-refractivity contribution in [3.8, 4) is 5.75 Å². The van der Waals surface area contributed by atoms with Crippen LogP contribution in [0.4, 0.5) is 10.1 Å². The molecule has 0 unspecified atom stereocenters. The zero-order valence-corrected chi connectivity index (χ0v) is 14.2. The molecule has 4 rings (SSSR count). The molecule has 0 bridgehead atoms. The van der Waals surface area contributed by atoms with Gasteiger partial charge in [0.05, 0.1) is 12.1 Å². The molecule has 134 valence electrons. The maximum Gasteiger partial charge on any atom is 0.261 e. The van der Waals surface area contributed by atoms with Crippen molar-refractivity contribution in [1.82, 2.24) is 14.9 Å². The first-order valence-electron chi connectivity index (χ1n) is 8.54. The van der Waals surface area contributed by atoms with E-state index in [-0.39, 0.29) is 11.1 Å². The first kappa shape index (κ1) is 16.5. The Morgan fingerprint density at radius 1 is 1.12 bits per heavy atom. The van der Waals surface area contributed by atoms with Crippen molar-refractivity contribution in [2.75, 3.05) is 31.1 Å². The number of hydrogen-bond acceptors (Lipinski definition) is 5. The van der Waals surface area contributed by atoms with Crippen LogP contribution in [0.1, 0.15) is 5.82 Å². The van der Waals surface area contributed by atoms with E-state index < -0.39 is 11.4 Å². The number of piperazine rings is 1. The van der Waals surface area contributed by atoms with Crippen LogP contribution in [0.25, 0.3) is 10.9 Å². The lowest BCUT2D eigenvalue weighted by Gasteiger charge is -2.35. The van der Waals surface area contributed by atoms with E-state index in [4.69, 9.17) is 0 Å². The van der Waals surface area contributed by atoms with Crippen molar-refractivity contribution in [3.63, 3.8) is 0 Å². The van der Waals surface area contributed by atoms with Crippen LogP contribution in [-0.4, -0.2) is 46.2 Å². The predicted octanol–water partition coefficient (Wildman–Crippen LogP) is 2.09. The van der Waals surface area contributed by atoms with Crippen molar-refractivity contribution in [1.29, 1.82) is 0 Å². The number of H-pyrrole nitrogens is 1. The molecule has 26 heavy (non-hydrogen) atoms. The lowest BCUT2D eigenvalue weighted by Crippen LogP contribution is -2.46. The van der Waals surface area contributed by atoms with E-state index in [1.165, 1.54) is 6.07 Å². The van der Waals surface area contributed by atoms with Gasteiger partial charge in [-0.15, -0.1) is 0 Å². The van der Waals surface area contributed by atoms with E-state index in [0.717, 1.165) is 31.9 Å². The number of fused-ring (bicyclic) bond motifs is 1. The number of nitrogens with one attached hydrogen (secondary N) is 1. The van der Waals surface area contributed by atoms with Crippen LogP contribution in [0.5, 0.6) is 5.75 Å². The number of aromatic amines is 1. The van der Waals surface area contributed by atoms with Crippen LogP contribution in [0.2, 0.25) is 0 Å². The zero-order chi connectivity index (χ0) is 18.1. The second-order valence-corrected chi connectivity index (χ2v) is 6.43. The number of halogens is 1. The Bertz CT molecular complexity index is 996. The number of rotatable bonds is 3. The maximum atomic E-state index is 13.8. The van der Waals surface area contributed by atoms with E-state index in [0.29, 0.717) is 17.9 Å². The Morgan fingerprint density at radius 2 is 1.88 bits per heavy atom. The van der Waals surface area contributed by atoms with Crippen LogP contribution in [0, 0.1) is 5.82 Å². The van der Waals surface area contributed by atoms with Crippen LogP contribution in [-0.2, 0) is 6.54 Å². The fourth-order valence-corrected chi connectivity index (χ4v) is 3.34. The molecule has 0 spiro atoms. The molecule has 1 saturated heterocycles. The summed E-state index contributed by atoms with van der Waals surface area (Å²) in [5.74, 6) is 0.247. The summed E-state index contributed by atoms with van der Waals surface area (Å²) in [4.78, 5) is 23.6. The molecule has 0 amide bonds. The van der Waals surface area contributed by atoms with E-state index in [2.05, 4.69) is 19.8 Å². The van der Waals surface area contributed by atoms with Gasteiger partial charge in [0.2, 0.25) is 0 Å². The maximum absolute atomic E-state index is 13.8. The van der Waals surface area contributed by atoms with E-state index >= 15 is 0 Å². The topological polar surface area (TPSA) is 72.5 Å². The molecule has 6 nitrogen and oxygen atoms in total. The highest BCUT2D eigenvalue weighted by atomic mass is 19.1. The molecule has 0 atom stereocenters. The number of aromatic hydroxyl groups is 1. The quantitative estimate of drug-likeness (QED) is 0.754. The van der Waals surface area contributed by atoms with Crippen molar-refractivity contribution >= 4 is 16.6 Å². The summed E-state index contributed by atoms with van der Waals surface area (Å²) < 4.78 is 13.8. The van der Waals surface area contributed by atoms with Gasteiger partial charge in [0.1, 0.15) is 22.8 Å². The van der Waals surface area contributed by atoms with Crippen LogP contribution >= 0.6 is 0 Å². The summed E-state index contributed by atoms with van der Waals surface area (Å²) in [6.45, 7) is 3.75. The Labute approximate surface area is 149 Å². The summed E-state index contributed by atoms with van der Waals surface area (Å²) >= 11 is 0. The van der Waals surface area contributed by atoms with Gasteiger partial charge in [-0.1, -0.05) is 12.1 Å². The molecule has 2 aromatic carbocycles. The Hall–Kier alpha value is -2.93. The zero-order valence-electron chi connectivity index (χ0n) is 14.2. The highest BCUT2D eigenvalue weighted by molar-refractivity contribution is 5.77. The lowest BCUT2D eigenvalue weighted by atomic mass is 10.2. The first-order chi connectivity index (χ1) is 12.6. The fourth-order valence-electron chi connectivity index (χ4n) is 3.34. The van der Waals surface area contributed by atoms with Crippen molar-refractivity contribution in [2.45, 2.75) is 6.54 Å². The van der Waals surface area contributed by atoms with Gasteiger partial charge in [-0.05, 0) is 24.3 Å².